The molecule has 44 heavy (non-hydrogen) atoms. The van der Waals surface area contributed by atoms with Crippen LogP contribution in [-0.4, -0.2) is 43.9 Å². The van der Waals surface area contributed by atoms with Gasteiger partial charge in [-0.3, -0.25) is 9.78 Å². The number of amides is 1. The van der Waals surface area contributed by atoms with Crippen LogP contribution >= 0.6 is 11.8 Å². The van der Waals surface area contributed by atoms with Crippen LogP contribution in [0.15, 0.2) is 108 Å². The van der Waals surface area contributed by atoms with Gasteiger partial charge in [0.1, 0.15) is 5.69 Å². The molecule has 3 N–H and O–H groups in total. The van der Waals surface area contributed by atoms with Gasteiger partial charge in [-0.05, 0) is 47.5 Å². The first-order valence-corrected chi connectivity index (χ1v) is 15.0. The standard InChI is InChI=1S/C34H29N3O6S/c38-19-21-9-11-22(12-10-21)30-17-25(20-44-31-8-4-1-5-26(31)33(40)41)42-34(43-30)23-13-15-24(16-14-23)36-32(39)29-18-35-27-6-2-3-7-28(27)37-29/h1-16,18,25,30,34,38H,17,19-20H2,(H,36,39)(H,40,41). The monoisotopic (exact) mass is 607 g/mol. The number of aliphatic hydroxyl groups is 1. The molecule has 1 aromatic heterocycles. The largest absolute Gasteiger partial charge is 0.478 e. The number of anilines is 1. The van der Waals surface area contributed by atoms with E-state index in [2.05, 4.69) is 15.3 Å². The summed E-state index contributed by atoms with van der Waals surface area (Å²) < 4.78 is 12.8. The Kier molecular flexibility index (Phi) is 8.94. The summed E-state index contributed by atoms with van der Waals surface area (Å²) in [5.41, 5.74) is 4.94. The molecule has 5 aromatic rings. The fourth-order valence-electron chi connectivity index (χ4n) is 4.96. The number of benzene rings is 4. The number of aliphatic hydroxyl groups excluding tert-OH is 1. The van der Waals surface area contributed by atoms with Crippen LogP contribution in [0.5, 0.6) is 0 Å². The Hall–Kier alpha value is -4.61. The van der Waals surface area contributed by atoms with E-state index in [-0.39, 0.29) is 36.0 Å². The minimum absolute atomic E-state index is 0.0455. The number of ether oxygens (including phenoxy) is 2. The number of nitrogens with one attached hydrogen (secondary N) is 1. The maximum Gasteiger partial charge on any atom is 0.336 e. The summed E-state index contributed by atoms with van der Waals surface area (Å²) in [5.74, 6) is -0.817. The molecule has 3 unspecified atom stereocenters. The highest BCUT2D eigenvalue weighted by Gasteiger charge is 2.32. The first-order valence-electron chi connectivity index (χ1n) is 14.1. The number of carboxylic acid groups (broad SMARTS) is 1. The lowest BCUT2D eigenvalue weighted by molar-refractivity contribution is -0.245. The molecule has 3 atom stereocenters. The van der Waals surface area contributed by atoms with Gasteiger partial charge < -0.3 is 25.0 Å². The van der Waals surface area contributed by atoms with Crippen molar-refractivity contribution in [1.29, 1.82) is 0 Å². The van der Waals surface area contributed by atoms with Gasteiger partial charge in [0.2, 0.25) is 0 Å². The maximum absolute atomic E-state index is 12.9. The molecule has 9 nitrogen and oxygen atoms in total. The summed E-state index contributed by atoms with van der Waals surface area (Å²) in [6, 6.07) is 29.1. The van der Waals surface area contributed by atoms with Crippen LogP contribution in [0.1, 0.15) is 56.4 Å². The number of rotatable bonds is 9. The van der Waals surface area contributed by atoms with Crippen molar-refractivity contribution >= 4 is 40.4 Å². The zero-order chi connectivity index (χ0) is 30.5. The third kappa shape index (κ3) is 6.79. The third-order valence-corrected chi connectivity index (χ3v) is 8.48. The van der Waals surface area contributed by atoms with E-state index in [1.54, 1.807) is 30.3 Å². The second-order valence-corrected chi connectivity index (χ2v) is 11.3. The van der Waals surface area contributed by atoms with Gasteiger partial charge in [-0.25, -0.2) is 9.78 Å². The van der Waals surface area contributed by atoms with Gasteiger partial charge in [0.15, 0.2) is 6.29 Å². The molecular weight excluding hydrogens is 578 g/mol. The number of nitrogens with zero attached hydrogens (tertiary/aromatic N) is 2. The summed E-state index contributed by atoms with van der Waals surface area (Å²) >= 11 is 1.44. The predicted octanol–water partition coefficient (Wildman–Crippen LogP) is 6.41. The van der Waals surface area contributed by atoms with Crippen LogP contribution in [-0.2, 0) is 16.1 Å². The van der Waals surface area contributed by atoms with Gasteiger partial charge in [0.25, 0.3) is 5.91 Å². The van der Waals surface area contributed by atoms with Gasteiger partial charge >= 0.3 is 5.97 Å². The van der Waals surface area contributed by atoms with Crippen molar-refractivity contribution in [1.82, 2.24) is 9.97 Å². The number of hydrogen-bond donors (Lipinski definition) is 3. The molecule has 0 spiro atoms. The molecule has 0 aliphatic carbocycles. The van der Waals surface area contributed by atoms with Gasteiger partial charge in [0, 0.05) is 28.3 Å². The molecule has 0 radical (unpaired) electrons. The molecule has 0 saturated carbocycles. The molecule has 222 valence electrons. The average molecular weight is 608 g/mol. The minimum Gasteiger partial charge on any atom is -0.478 e. The van der Waals surface area contributed by atoms with Crippen LogP contribution in [0.4, 0.5) is 5.69 Å². The average Bonchev–Trinajstić information content (AvgIpc) is 3.07. The van der Waals surface area contributed by atoms with E-state index in [0.29, 0.717) is 33.8 Å². The second-order valence-electron chi connectivity index (χ2n) is 10.3. The minimum atomic E-state index is -0.972. The second kappa shape index (κ2) is 13.4. The molecule has 1 amide bonds. The first kappa shape index (κ1) is 29.5. The molecular formula is C34H29N3O6S. The molecule has 2 heterocycles. The van der Waals surface area contributed by atoms with E-state index in [1.165, 1.54) is 18.0 Å². The van der Waals surface area contributed by atoms with E-state index in [1.807, 2.05) is 66.7 Å². The molecule has 1 saturated heterocycles. The van der Waals surface area contributed by atoms with Crippen LogP contribution in [0.2, 0.25) is 0 Å². The van der Waals surface area contributed by atoms with Crippen LogP contribution < -0.4 is 5.32 Å². The van der Waals surface area contributed by atoms with Crippen molar-refractivity contribution < 1.29 is 29.3 Å². The predicted molar refractivity (Wildman–Crippen MR) is 166 cm³/mol. The number of thioether (sulfide) groups is 1. The number of hydrogen-bond acceptors (Lipinski definition) is 8. The van der Waals surface area contributed by atoms with Gasteiger partial charge in [0.05, 0.1) is 41.6 Å². The van der Waals surface area contributed by atoms with E-state index in [9.17, 15) is 19.8 Å². The Morgan fingerprint density at radius 1 is 0.864 bits per heavy atom. The van der Waals surface area contributed by atoms with Crippen molar-refractivity contribution in [3.05, 3.63) is 131 Å². The van der Waals surface area contributed by atoms with E-state index in [0.717, 1.165) is 16.7 Å². The summed E-state index contributed by atoms with van der Waals surface area (Å²) in [5, 5.41) is 21.9. The van der Waals surface area contributed by atoms with Crippen molar-refractivity contribution in [2.24, 2.45) is 0 Å². The molecule has 4 aromatic carbocycles. The Labute approximate surface area is 257 Å². The van der Waals surface area contributed by atoms with E-state index < -0.39 is 12.3 Å². The lowest BCUT2D eigenvalue weighted by Gasteiger charge is -2.36. The smallest absolute Gasteiger partial charge is 0.336 e. The number of aromatic carboxylic acids is 1. The highest BCUT2D eigenvalue weighted by molar-refractivity contribution is 7.99. The topological polar surface area (TPSA) is 131 Å². The number of para-hydroxylation sites is 2. The Balaban J connectivity index is 1.18. The lowest BCUT2D eigenvalue weighted by atomic mass is 10.0. The van der Waals surface area contributed by atoms with Gasteiger partial charge in [-0.1, -0.05) is 60.7 Å². The fraction of sp³-hybridized carbons (Fsp3) is 0.176. The maximum atomic E-state index is 12.9. The van der Waals surface area contributed by atoms with Crippen molar-refractivity contribution in [3.8, 4) is 0 Å². The zero-order valence-electron chi connectivity index (χ0n) is 23.5. The molecule has 1 fully saturated rings. The number of carbonyl (C=O) groups excluding carboxylic acids is 1. The number of carbonyl (C=O) groups is 2. The molecule has 6 rings (SSSR count). The SMILES string of the molecule is O=C(Nc1ccc(C2OC(CSc3ccccc3C(=O)O)CC(c3ccc(CO)cc3)O2)cc1)c1cnc2ccccc2n1. The highest BCUT2D eigenvalue weighted by Crippen LogP contribution is 2.40. The number of carboxylic acids is 1. The third-order valence-electron chi connectivity index (χ3n) is 7.28. The molecule has 1 aliphatic heterocycles. The normalized spacial score (nSPS) is 18.2. The first-order chi connectivity index (χ1) is 21.5. The van der Waals surface area contributed by atoms with Crippen molar-refractivity contribution in [2.75, 3.05) is 11.1 Å². The van der Waals surface area contributed by atoms with Gasteiger partial charge in [-0.2, -0.15) is 0 Å². The summed E-state index contributed by atoms with van der Waals surface area (Å²) in [7, 11) is 0. The Morgan fingerprint density at radius 2 is 1.57 bits per heavy atom. The summed E-state index contributed by atoms with van der Waals surface area (Å²) in [6.07, 6.45) is 0.804. The van der Waals surface area contributed by atoms with Crippen LogP contribution in [0.3, 0.4) is 0 Å². The molecule has 0 bridgehead atoms. The number of aromatic nitrogens is 2. The molecule has 1 aliphatic rings. The fourth-order valence-corrected chi connectivity index (χ4v) is 6.03. The highest BCUT2D eigenvalue weighted by atomic mass is 32.2. The van der Waals surface area contributed by atoms with Gasteiger partial charge in [-0.15, -0.1) is 11.8 Å². The number of fused-ring (bicyclic) bond motifs is 1. The molecule has 10 heteroatoms. The Bertz CT molecular complexity index is 1780. The van der Waals surface area contributed by atoms with Crippen molar-refractivity contribution in [2.45, 2.75) is 36.4 Å². The zero-order valence-corrected chi connectivity index (χ0v) is 24.3. The van der Waals surface area contributed by atoms with E-state index >= 15 is 0 Å². The lowest BCUT2D eigenvalue weighted by Crippen LogP contribution is -2.31. The van der Waals surface area contributed by atoms with E-state index in [4.69, 9.17) is 9.47 Å². The van der Waals surface area contributed by atoms with Crippen LogP contribution in [0.25, 0.3) is 11.0 Å². The van der Waals surface area contributed by atoms with Crippen LogP contribution in [0, 0.1) is 0 Å². The quantitative estimate of drug-likeness (QED) is 0.163. The Morgan fingerprint density at radius 3 is 2.32 bits per heavy atom. The summed E-state index contributed by atoms with van der Waals surface area (Å²) in [4.78, 5) is 34.0. The van der Waals surface area contributed by atoms with Crippen molar-refractivity contribution in [3.63, 3.8) is 0 Å². The summed E-state index contributed by atoms with van der Waals surface area (Å²) in [6.45, 7) is -0.0455.